The SMILES string of the molecule is Nc1nc2cc(-c3cccnc3)cc(-c3cccc(Cl)n3)c2s1. The first kappa shape index (κ1) is 14.1. The van der Waals surface area contributed by atoms with Crippen molar-refractivity contribution in [1.82, 2.24) is 15.0 Å². The van der Waals surface area contributed by atoms with Crippen molar-refractivity contribution in [2.24, 2.45) is 0 Å². The molecule has 3 aromatic heterocycles. The van der Waals surface area contributed by atoms with Gasteiger partial charge in [0.2, 0.25) is 0 Å². The number of nitrogens with two attached hydrogens (primary N) is 1. The largest absolute Gasteiger partial charge is 0.375 e. The van der Waals surface area contributed by atoms with Crippen molar-refractivity contribution >= 4 is 38.3 Å². The fourth-order valence-corrected chi connectivity index (χ4v) is 3.50. The van der Waals surface area contributed by atoms with Gasteiger partial charge in [0, 0.05) is 23.5 Å². The van der Waals surface area contributed by atoms with Crippen molar-refractivity contribution in [1.29, 1.82) is 0 Å². The van der Waals surface area contributed by atoms with Crippen molar-refractivity contribution in [3.8, 4) is 22.4 Å². The summed E-state index contributed by atoms with van der Waals surface area (Å²) in [4.78, 5) is 13.0. The van der Waals surface area contributed by atoms with Crippen LogP contribution < -0.4 is 5.73 Å². The Balaban J connectivity index is 2.01. The summed E-state index contributed by atoms with van der Waals surface area (Å²) in [6.45, 7) is 0. The summed E-state index contributed by atoms with van der Waals surface area (Å²) in [6, 6.07) is 13.6. The van der Waals surface area contributed by atoms with E-state index in [0.717, 1.165) is 32.6 Å². The van der Waals surface area contributed by atoms with Crippen LogP contribution in [0.2, 0.25) is 5.15 Å². The molecule has 0 atom stereocenters. The molecule has 2 N–H and O–H groups in total. The molecule has 3 heterocycles. The number of anilines is 1. The van der Waals surface area contributed by atoms with E-state index in [1.54, 1.807) is 12.3 Å². The van der Waals surface area contributed by atoms with Crippen molar-refractivity contribution < 1.29 is 0 Å². The van der Waals surface area contributed by atoms with E-state index in [9.17, 15) is 0 Å². The Kier molecular flexibility index (Phi) is 3.44. The zero-order valence-electron chi connectivity index (χ0n) is 11.9. The van der Waals surface area contributed by atoms with E-state index in [4.69, 9.17) is 17.3 Å². The molecule has 0 fully saturated rings. The monoisotopic (exact) mass is 338 g/mol. The van der Waals surface area contributed by atoms with Gasteiger partial charge in [-0.3, -0.25) is 4.98 Å². The molecule has 0 saturated carbocycles. The van der Waals surface area contributed by atoms with Crippen molar-refractivity contribution in [3.63, 3.8) is 0 Å². The van der Waals surface area contributed by atoms with Crippen molar-refractivity contribution in [2.75, 3.05) is 5.73 Å². The van der Waals surface area contributed by atoms with Gasteiger partial charge in [0.15, 0.2) is 5.13 Å². The highest BCUT2D eigenvalue weighted by atomic mass is 35.5. The van der Waals surface area contributed by atoms with Gasteiger partial charge in [-0.15, -0.1) is 0 Å². The van der Waals surface area contributed by atoms with Crippen LogP contribution in [0.15, 0.2) is 54.9 Å². The fourth-order valence-electron chi connectivity index (χ4n) is 2.50. The van der Waals surface area contributed by atoms with Crippen LogP contribution in [0.3, 0.4) is 0 Å². The third-order valence-electron chi connectivity index (χ3n) is 3.49. The van der Waals surface area contributed by atoms with E-state index in [1.807, 2.05) is 36.5 Å². The molecule has 112 valence electrons. The Labute approximate surface area is 141 Å². The highest BCUT2D eigenvalue weighted by Gasteiger charge is 2.13. The normalized spacial score (nSPS) is 11.0. The van der Waals surface area contributed by atoms with E-state index in [1.165, 1.54) is 11.3 Å². The Morgan fingerprint density at radius 1 is 1.00 bits per heavy atom. The number of thiazole rings is 1. The summed E-state index contributed by atoms with van der Waals surface area (Å²) in [6.07, 6.45) is 3.58. The first-order valence-electron chi connectivity index (χ1n) is 6.94. The topological polar surface area (TPSA) is 64.7 Å². The van der Waals surface area contributed by atoms with Gasteiger partial charge < -0.3 is 5.73 Å². The molecular formula is C17H11ClN4S. The zero-order valence-corrected chi connectivity index (χ0v) is 13.5. The molecule has 0 aliphatic rings. The highest BCUT2D eigenvalue weighted by Crippen LogP contribution is 2.37. The van der Waals surface area contributed by atoms with E-state index in [-0.39, 0.29) is 0 Å². The van der Waals surface area contributed by atoms with Gasteiger partial charge in [0.05, 0.1) is 15.9 Å². The van der Waals surface area contributed by atoms with Crippen LogP contribution in [0, 0.1) is 0 Å². The predicted octanol–water partition coefficient (Wildman–Crippen LogP) is 4.66. The van der Waals surface area contributed by atoms with Gasteiger partial charge in [0.25, 0.3) is 0 Å². The van der Waals surface area contributed by atoms with Crippen LogP contribution in [-0.2, 0) is 0 Å². The number of nitrogen functional groups attached to an aromatic ring is 1. The van der Waals surface area contributed by atoms with Gasteiger partial charge in [-0.25, -0.2) is 9.97 Å². The molecule has 4 aromatic rings. The number of benzene rings is 1. The second kappa shape index (κ2) is 5.61. The second-order valence-corrected chi connectivity index (χ2v) is 6.43. The van der Waals surface area contributed by atoms with Gasteiger partial charge in [-0.1, -0.05) is 35.1 Å². The minimum absolute atomic E-state index is 0.458. The molecule has 0 saturated heterocycles. The van der Waals surface area contributed by atoms with Crippen LogP contribution in [0.4, 0.5) is 5.13 Å². The first-order valence-corrected chi connectivity index (χ1v) is 8.13. The lowest BCUT2D eigenvalue weighted by Gasteiger charge is -2.07. The lowest BCUT2D eigenvalue weighted by atomic mass is 10.0. The number of pyridine rings is 2. The summed E-state index contributed by atoms with van der Waals surface area (Å²) in [5.74, 6) is 0. The molecule has 0 amide bonds. The summed E-state index contributed by atoms with van der Waals surface area (Å²) in [5.41, 5.74) is 10.6. The summed E-state index contributed by atoms with van der Waals surface area (Å²) in [7, 11) is 0. The van der Waals surface area contributed by atoms with Crippen LogP contribution in [-0.4, -0.2) is 15.0 Å². The standard InChI is InChI=1S/C17H11ClN4S/c18-15-5-1-4-13(21-15)12-7-11(10-3-2-6-20-9-10)8-14-16(12)23-17(19)22-14/h1-9H,(H2,19,22). The number of hydrogen-bond donors (Lipinski definition) is 1. The minimum atomic E-state index is 0.458. The smallest absolute Gasteiger partial charge is 0.181 e. The van der Waals surface area contributed by atoms with E-state index >= 15 is 0 Å². The lowest BCUT2D eigenvalue weighted by molar-refractivity contribution is 1.32. The third-order valence-corrected chi connectivity index (χ3v) is 4.64. The Morgan fingerprint density at radius 3 is 2.70 bits per heavy atom. The van der Waals surface area contributed by atoms with E-state index in [2.05, 4.69) is 21.0 Å². The molecule has 23 heavy (non-hydrogen) atoms. The van der Waals surface area contributed by atoms with Crippen molar-refractivity contribution in [2.45, 2.75) is 0 Å². The number of halogens is 1. The number of nitrogens with zero attached hydrogens (tertiary/aromatic N) is 3. The van der Waals surface area contributed by atoms with Crippen LogP contribution in [0.5, 0.6) is 0 Å². The second-order valence-electron chi connectivity index (χ2n) is 5.01. The number of hydrogen-bond acceptors (Lipinski definition) is 5. The number of fused-ring (bicyclic) bond motifs is 1. The van der Waals surface area contributed by atoms with E-state index in [0.29, 0.717) is 10.3 Å². The van der Waals surface area contributed by atoms with Crippen LogP contribution in [0.25, 0.3) is 32.6 Å². The minimum Gasteiger partial charge on any atom is -0.375 e. The summed E-state index contributed by atoms with van der Waals surface area (Å²) >= 11 is 7.50. The van der Waals surface area contributed by atoms with Gasteiger partial charge >= 0.3 is 0 Å². The maximum Gasteiger partial charge on any atom is 0.181 e. The quantitative estimate of drug-likeness (QED) is 0.540. The highest BCUT2D eigenvalue weighted by molar-refractivity contribution is 7.22. The van der Waals surface area contributed by atoms with Gasteiger partial charge in [0.1, 0.15) is 5.15 Å². The zero-order chi connectivity index (χ0) is 15.8. The molecule has 0 aliphatic heterocycles. The first-order chi connectivity index (χ1) is 11.2. The molecule has 0 unspecified atom stereocenters. The molecule has 0 aliphatic carbocycles. The summed E-state index contributed by atoms with van der Waals surface area (Å²) in [5, 5.41) is 0.992. The average molecular weight is 339 g/mol. The molecule has 1 aromatic carbocycles. The van der Waals surface area contributed by atoms with Gasteiger partial charge in [-0.2, -0.15) is 0 Å². The number of rotatable bonds is 2. The number of aromatic nitrogens is 3. The third kappa shape index (κ3) is 2.65. The van der Waals surface area contributed by atoms with Crippen LogP contribution >= 0.6 is 22.9 Å². The van der Waals surface area contributed by atoms with E-state index < -0.39 is 0 Å². The Bertz CT molecular complexity index is 998. The lowest BCUT2D eigenvalue weighted by Crippen LogP contribution is -1.87. The predicted molar refractivity (Wildman–Crippen MR) is 95.5 cm³/mol. The Morgan fingerprint density at radius 2 is 1.91 bits per heavy atom. The van der Waals surface area contributed by atoms with Crippen molar-refractivity contribution in [3.05, 3.63) is 60.0 Å². The summed E-state index contributed by atoms with van der Waals surface area (Å²) < 4.78 is 1.00. The molecule has 4 nitrogen and oxygen atoms in total. The Hall–Kier alpha value is -2.50. The maximum absolute atomic E-state index is 6.05. The molecule has 0 spiro atoms. The average Bonchev–Trinajstić information content (AvgIpc) is 2.95. The van der Waals surface area contributed by atoms with Crippen LogP contribution in [0.1, 0.15) is 0 Å². The maximum atomic E-state index is 6.05. The molecule has 6 heteroatoms. The molecule has 4 rings (SSSR count). The van der Waals surface area contributed by atoms with Gasteiger partial charge in [-0.05, 0) is 35.9 Å². The molecule has 0 radical (unpaired) electrons. The molecular weight excluding hydrogens is 328 g/mol. The molecule has 0 bridgehead atoms. The fraction of sp³-hybridized carbons (Fsp3) is 0.